The fraction of sp³-hybridized carbons (Fsp3) is 0.133. The first-order valence-electron chi connectivity index (χ1n) is 6.25. The minimum absolute atomic E-state index is 0.407. The van der Waals surface area contributed by atoms with E-state index in [4.69, 9.17) is 11.6 Å². The Balaban J connectivity index is 2.09. The highest BCUT2D eigenvalue weighted by atomic mass is 35.5. The Kier molecular flexibility index (Phi) is 5.37. The van der Waals surface area contributed by atoms with E-state index in [1.54, 1.807) is 31.2 Å². The van der Waals surface area contributed by atoms with Crippen LogP contribution in [0.5, 0.6) is 0 Å². The number of thioether (sulfide) groups is 1. The number of amides is 1. The third-order valence-electron chi connectivity index (χ3n) is 2.80. The fourth-order valence-electron chi connectivity index (χ4n) is 1.64. The predicted molar refractivity (Wildman–Crippen MR) is 81.7 cm³/mol. The standard InChI is InChI=1S/C15H11ClF3NOS/c1-8(22-12-5-3-2-4-9(12)16)15(21)20-11-7-6-10(17)13(18)14(11)19/h2-8H,1H3,(H,20,21)/t8-/m1/s1. The first-order valence-corrected chi connectivity index (χ1v) is 7.51. The van der Waals surface area contributed by atoms with Gasteiger partial charge in [0.05, 0.1) is 16.0 Å². The fourth-order valence-corrected chi connectivity index (χ4v) is 2.80. The molecule has 0 saturated heterocycles. The van der Waals surface area contributed by atoms with E-state index in [-0.39, 0.29) is 0 Å². The van der Waals surface area contributed by atoms with Gasteiger partial charge in [0.15, 0.2) is 17.5 Å². The lowest BCUT2D eigenvalue weighted by atomic mass is 10.2. The van der Waals surface area contributed by atoms with Gasteiger partial charge in [-0.1, -0.05) is 23.7 Å². The van der Waals surface area contributed by atoms with Gasteiger partial charge >= 0.3 is 0 Å². The average molecular weight is 346 g/mol. The van der Waals surface area contributed by atoms with Gasteiger partial charge in [0, 0.05) is 4.90 Å². The van der Waals surface area contributed by atoms with Crippen LogP contribution in [0.4, 0.5) is 18.9 Å². The number of anilines is 1. The molecule has 1 amide bonds. The predicted octanol–water partition coefficient (Wildman–Crippen LogP) is 4.88. The van der Waals surface area contributed by atoms with E-state index in [0.29, 0.717) is 9.92 Å². The summed E-state index contributed by atoms with van der Waals surface area (Å²) in [6.07, 6.45) is 0. The molecule has 0 heterocycles. The molecular formula is C15H11ClF3NOS. The Hall–Kier alpha value is -1.66. The monoisotopic (exact) mass is 345 g/mol. The highest BCUT2D eigenvalue weighted by Gasteiger charge is 2.19. The van der Waals surface area contributed by atoms with Gasteiger partial charge in [-0.25, -0.2) is 13.2 Å². The number of benzene rings is 2. The van der Waals surface area contributed by atoms with E-state index < -0.39 is 34.3 Å². The molecule has 2 aromatic rings. The molecule has 0 aliphatic heterocycles. The van der Waals surface area contributed by atoms with Crippen molar-refractivity contribution in [1.82, 2.24) is 0 Å². The molecule has 2 nitrogen and oxygen atoms in total. The van der Waals surface area contributed by atoms with E-state index in [1.165, 1.54) is 11.8 Å². The Morgan fingerprint density at radius 2 is 1.82 bits per heavy atom. The van der Waals surface area contributed by atoms with E-state index in [0.717, 1.165) is 12.1 Å². The van der Waals surface area contributed by atoms with Crippen LogP contribution in [-0.4, -0.2) is 11.2 Å². The Labute approximate surface area is 134 Å². The second kappa shape index (κ2) is 7.07. The van der Waals surface area contributed by atoms with Crippen LogP contribution in [0.15, 0.2) is 41.3 Å². The maximum atomic E-state index is 13.5. The van der Waals surface area contributed by atoms with Crippen molar-refractivity contribution in [2.24, 2.45) is 0 Å². The molecule has 0 aliphatic carbocycles. The second-order valence-electron chi connectivity index (χ2n) is 4.40. The quantitative estimate of drug-likeness (QED) is 0.632. The minimum Gasteiger partial charge on any atom is -0.323 e. The van der Waals surface area contributed by atoms with Crippen LogP contribution in [0.3, 0.4) is 0 Å². The van der Waals surface area contributed by atoms with Gasteiger partial charge < -0.3 is 5.32 Å². The van der Waals surface area contributed by atoms with Gasteiger partial charge in [-0.3, -0.25) is 4.79 Å². The van der Waals surface area contributed by atoms with Crippen molar-refractivity contribution in [1.29, 1.82) is 0 Å². The number of carbonyl (C=O) groups excluding carboxylic acids is 1. The van der Waals surface area contributed by atoms with Crippen LogP contribution in [0.1, 0.15) is 6.92 Å². The number of carbonyl (C=O) groups is 1. The summed E-state index contributed by atoms with van der Waals surface area (Å²) in [6, 6.07) is 8.68. The SMILES string of the molecule is C[C@@H](Sc1ccccc1Cl)C(=O)Nc1ccc(F)c(F)c1F. The molecule has 2 aromatic carbocycles. The largest absolute Gasteiger partial charge is 0.323 e. The molecule has 0 aliphatic rings. The van der Waals surface area contributed by atoms with Crippen molar-refractivity contribution in [2.45, 2.75) is 17.1 Å². The highest BCUT2D eigenvalue weighted by Crippen LogP contribution is 2.30. The van der Waals surface area contributed by atoms with E-state index >= 15 is 0 Å². The molecule has 0 unspecified atom stereocenters. The summed E-state index contributed by atoms with van der Waals surface area (Å²) in [5.74, 6) is -4.91. The summed E-state index contributed by atoms with van der Waals surface area (Å²) in [5.41, 5.74) is -0.407. The lowest BCUT2D eigenvalue weighted by Gasteiger charge is -2.13. The molecule has 0 fully saturated rings. The molecule has 2 rings (SSSR count). The van der Waals surface area contributed by atoms with Gasteiger partial charge in [0.1, 0.15) is 0 Å². The summed E-state index contributed by atoms with van der Waals surface area (Å²) in [4.78, 5) is 12.7. The summed E-state index contributed by atoms with van der Waals surface area (Å²) in [7, 11) is 0. The van der Waals surface area contributed by atoms with Crippen LogP contribution in [0, 0.1) is 17.5 Å². The lowest BCUT2D eigenvalue weighted by molar-refractivity contribution is -0.115. The Bertz CT molecular complexity index is 711. The van der Waals surface area contributed by atoms with Gasteiger partial charge in [-0.05, 0) is 31.2 Å². The summed E-state index contributed by atoms with van der Waals surface area (Å²) < 4.78 is 39.5. The van der Waals surface area contributed by atoms with Crippen LogP contribution < -0.4 is 5.32 Å². The summed E-state index contributed by atoms with van der Waals surface area (Å²) in [6.45, 7) is 1.60. The number of rotatable bonds is 4. The molecule has 1 atom stereocenters. The maximum absolute atomic E-state index is 13.5. The smallest absolute Gasteiger partial charge is 0.237 e. The lowest BCUT2D eigenvalue weighted by Crippen LogP contribution is -2.23. The molecule has 1 N–H and O–H groups in total. The first kappa shape index (κ1) is 16.7. The third kappa shape index (κ3) is 3.75. The van der Waals surface area contributed by atoms with Crippen molar-refractivity contribution in [3.05, 3.63) is 58.9 Å². The second-order valence-corrected chi connectivity index (χ2v) is 6.19. The summed E-state index contributed by atoms with van der Waals surface area (Å²) >= 11 is 7.17. The molecular weight excluding hydrogens is 335 g/mol. The zero-order valence-electron chi connectivity index (χ0n) is 11.4. The molecule has 0 spiro atoms. The number of hydrogen-bond donors (Lipinski definition) is 1. The first-order chi connectivity index (χ1) is 10.4. The molecule has 0 saturated carbocycles. The minimum atomic E-state index is -1.62. The van der Waals surface area contributed by atoms with Crippen molar-refractivity contribution < 1.29 is 18.0 Å². The zero-order chi connectivity index (χ0) is 16.3. The van der Waals surface area contributed by atoms with Crippen LogP contribution in [0.25, 0.3) is 0 Å². The van der Waals surface area contributed by atoms with Crippen molar-refractivity contribution in [3.63, 3.8) is 0 Å². The van der Waals surface area contributed by atoms with Crippen LogP contribution >= 0.6 is 23.4 Å². The van der Waals surface area contributed by atoms with Crippen molar-refractivity contribution >= 4 is 35.0 Å². The van der Waals surface area contributed by atoms with Gasteiger partial charge in [-0.15, -0.1) is 11.8 Å². The van der Waals surface area contributed by atoms with Crippen LogP contribution in [-0.2, 0) is 4.79 Å². The molecule has 0 radical (unpaired) electrons. The van der Waals surface area contributed by atoms with Gasteiger partial charge in [0.2, 0.25) is 5.91 Å². The third-order valence-corrected chi connectivity index (χ3v) is 4.42. The highest BCUT2D eigenvalue weighted by molar-refractivity contribution is 8.00. The van der Waals surface area contributed by atoms with E-state index in [1.807, 2.05) is 0 Å². The topological polar surface area (TPSA) is 29.1 Å². The van der Waals surface area contributed by atoms with Crippen LogP contribution in [0.2, 0.25) is 5.02 Å². The normalized spacial score (nSPS) is 12.0. The number of hydrogen-bond acceptors (Lipinski definition) is 2. The number of nitrogens with one attached hydrogen (secondary N) is 1. The van der Waals surface area contributed by atoms with Crippen molar-refractivity contribution in [3.8, 4) is 0 Å². The number of halogens is 4. The van der Waals surface area contributed by atoms with Gasteiger partial charge in [-0.2, -0.15) is 0 Å². The van der Waals surface area contributed by atoms with E-state index in [9.17, 15) is 18.0 Å². The molecule has 116 valence electrons. The molecule has 22 heavy (non-hydrogen) atoms. The van der Waals surface area contributed by atoms with E-state index in [2.05, 4.69) is 5.32 Å². The Morgan fingerprint density at radius 3 is 2.50 bits per heavy atom. The van der Waals surface area contributed by atoms with Crippen molar-refractivity contribution in [2.75, 3.05) is 5.32 Å². The van der Waals surface area contributed by atoms with Gasteiger partial charge in [0.25, 0.3) is 0 Å². The molecule has 0 aromatic heterocycles. The average Bonchev–Trinajstić information content (AvgIpc) is 2.50. The Morgan fingerprint density at radius 1 is 1.14 bits per heavy atom. The molecule has 7 heteroatoms. The maximum Gasteiger partial charge on any atom is 0.237 e. The molecule has 0 bridgehead atoms. The summed E-state index contributed by atoms with van der Waals surface area (Å²) in [5, 5.41) is 2.12. The zero-order valence-corrected chi connectivity index (χ0v) is 12.9.